The molecule has 0 spiro atoms. The Kier molecular flexibility index (Phi) is 5.82. The largest absolute Gasteiger partial charge is 0.384 e. The van der Waals surface area contributed by atoms with Crippen LogP contribution in [0.1, 0.15) is 25.0 Å². The third-order valence-corrected chi connectivity index (χ3v) is 4.06. The Morgan fingerprint density at radius 2 is 1.62 bits per heavy atom. The Labute approximate surface area is 128 Å². The van der Waals surface area contributed by atoms with E-state index in [2.05, 4.69) is 73.8 Å². The zero-order valence-electron chi connectivity index (χ0n) is 13.0. The summed E-state index contributed by atoms with van der Waals surface area (Å²) in [5.74, 6) is 1.11. The van der Waals surface area contributed by atoms with Crippen molar-refractivity contribution in [2.45, 2.75) is 20.3 Å². The Morgan fingerprint density at radius 1 is 0.952 bits per heavy atom. The highest BCUT2D eigenvalue weighted by molar-refractivity contribution is 5.52. The average Bonchev–Trinajstić information content (AvgIpc) is 2.50. The summed E-state index contributed by atoms with van der Waals surface area (Å²) in [5, 5.41) is 3.59. The maximum atomic E-state index is 5.86. The van der Waals surface area contributed by atoms with E-state index in [4.69, 9.17) is 5.73 Å². The van der Waals surface area contributed by atoms with Gasteiger partial charge in [0.25, 0.3) is 0 Å². The van der Waals surface area contributed by atoms with Crippen LogP contribution in [0.4, 0.5) is 5.69 Å². The molecule has 0 bridgehead atoms. The first-order valence-corrected chi connectivity index (χ1v) is 7.76. The lowest BCUT2D eigenvalue weighted by atomic mass is 9.95. The molecule has 0 aromatic heterocycles. The molecule has 0 aliphatic heterocycles. The molecule has 0 fully saturated rings. The molecule has 1 unspecified atom stereocenters. The van der Waals surface area contributed by atoms with Crippen molar-refractivity contribution in [1.82, 2.24) is 0 Å². The minimum Gasteiger partial charge on any atom is -0.384 e. The molecule has 0 amide bonds. The summed E-state index contributed by atoms with van der Waals surface area (Å²) < 4.78 is 0. The Morgan fingerprint density at radius 3 is 2.29 bits per heavy atom. The van der Waals surface area contributed by atoms with Gasteiger partial charge >= 0.3 is 0 Å². The van der Waals surface area contributed by atoms with Crippen molar-refractivity contribution in [3.63, 3.8) is 0 Å². The van der Waals surface area contributed by atoms with Gasteiger partial charge in [-0.05, 0) is 42.0 Å². The van der Waals surface area contributed by atoms with Gasteiger partial charge in [0.1, 0.15) is 0 Å². The minimum atomic E-state index is 0.509. The third kappa shape index (κ3) is 4.61. The molecule has 2 aromatic rings. The van der Waals surface area contributed by atoms with Crippen molar-refractivity contribution in [1.29, 1.82) is 0 Å². The molecule has 2 rings (SSSR count). The van der Waals surface area contributed by atoms with Gasteiger partial charge in [-0.25, -0.2) is 0 Å². The normalized spacial score (nSPS) is 12.4. The van der Waals surface area contributed by atoms with Gasteiger partial charge < -0.3 is 11.1 Å². The number of rotatable bonds is 7. The highest BCUT2D eigenvalue weighted by Crippen LogP contribution is 2.20. The van der Waals surface area contributed by atoms with Gasteiger partial charge in [0.15, 0.2) is 0 Å². The summed E-state index contributed by atoms with van der Waals surface area (Å²) in [6.45, 7) is 6.12. The molecule has 2 nitrogen and oxygen atoms in total. The first kappa shape index (κ1) is 15.6. The zero-order valence-corrected chi connectivity index (χ0v) is 13.0. The van der Waals surface area contributed by atoms with Crippen LogP contribution in [0.3, 0.4) is 0 Å². The number of para-hydroxylation sites is 1. The second kappa shape index (κ2) is 7.84. The van der Waals surface area contributed by atoms with E-state index in [1.54, 1.807) is 0 Å². The van der Waals surface area contributed by atoms with Crippen LogP contribution in [-0.2, 0) is 6.42 Å². The summed E-state index contributed by atoms with van der Waals surface area (Å²) in [5.41, 5.74) is 9.76. The molecule has 2 aromatic carbocycles. The molecule has 1 atom stereocenters. The van der Waals surface area contributed by atoms with Crippen LogP contribution in [0, 0.1) is 11.8 Å². The van der Waals surface area contributed by atoms with E-state index < -0.39 is 0 Å². The molecule has 0 radical (unpaired) electrons. The van der Waals surface area contributed by atoms with Gasteiger partial charge in [0, 0.05) is 12.2 Å². The second-order valence-electron chi connectivity index (χ2n) is 5.94. The number of nitrogens with one attached hydrogen (secondary N) is 1. The maximum absolute atomic E-state index is 5.86. The molecule has 2 heteroatoms. The second-order valence-corrected chi connectivity index (χ2v) is 5.94. The van der Waals surface area contributed by atoms with Gasteiger partial charge in [-0.3, -0.25) is 0 Å². The Bertz CT molecular complexity index is 534. The van der Waals surface area contributed by atoms with Crippen molar-refractivity contribution in [3.8, 4) is 0 Å². The number of nitrogens with two attached hydrogens (primary N) is 1. The molecule has 21 heavy (non-hydrogen) atoms. The molecule has 0 saturated carbocycles. The summed E-state index contributed by atoms with van der Waals surface area (Å²) in [4.78, 5) is 0. The number of hydrogen-bond donors (Lipinski definition) is 2. The summed E-state index contributed by atoms with van der Waals surface area (Å²) >= 11 is 0. The van der Waals surface area contributed by atoms with Gasteiger partial charge in [0.2, 0.25) is 0 Å². The van der Waals surface area contributed by atoms with Gasteiger partial charge in [-0.1, -0.05) is 62.4 Å². The van der Waals surface area contributed by atoms with Crippen LogP contribution in [0.25, 0.3) is 0 Å². The van der Waals surface area contributed by atoms with E-state index in [1.807, 2.05) is 0 Å². The smallest absolute Gasteiger partial charge is 0.0376 e. The van der Waals surface area contributed by atoms with Crippen LogP contribution in [0.5, 0.6) is 0 Å². The summed E-state index contributed by atoms with van der Waals surface area (Å²) in [7, 11) is 0. The highest BCUT2D eigenvalue weighted by atomic mass is 14.9. The fourth-order valence-corrected chi connectivity index (χ4v) is 2.49. The van der Waals surface area contributed by atoms with Crippen LogP contribution < -0.4 is 11.1 Å². The molecule has 0 aliphatic rings. The van der Waals surface area contributed by atoms with Crippen molar-refractivity contribution >= 4 is 5.69 Å². The Balaban J connectivity index is 2.06. The fraction of sp³-hybridized carbons (Fsp3) is 0.368. The van der Waals surface area contributed by atoms with Crippen molar-refractivity contribution in [2.24, 2.45) is 17.6 Å². The third-order valence-electron chi connectivity index (χ3n) is 4.06. The predicted molar refractivity (Wildman–Crippen MR) is 91.6 cm³/mol. The molecule has 3 N–H and O–H groups in total. The van der Waals surface area contributed by atoms with E-state index in [-0.39, 0.29) is 0 Å². The van der Waals surface area contributed by atoms with Crippen molar-refractivity contribution in [3.05, 3.63) is 65.7 Å². The highest BCUT2D eigenvalue weighted by Gasteiger charge is 2.11. The van der Waals surface area contributed by atoms with Crippen molar-refractivity contribution < 1.29 is 0 Å². The van der Waals surface area contributed by atoms with E-state index in [0.717, 1.165) is 19.5 Å². The lowest BCUT2D eigenvalue weighted by Crippen LogP contribution is -2.27. The average molecular weight is 282 g/mol. The first-order valence-electron chi connectivity index (χ1n) is 7.76. The van der Waals surface area contributed by atoms with E-state index in [1.165, 1.54) is 16.8 Å². The molecule has 0 saturated heterocycles. The van der Waals surface area contributed by atoms with Crippen molar-refractivity contribution in [2.75, 3.05) is 18.4 Å². The van der Waals surface area contributed by atoms with E-state index in [9.17, 15) is 0 Å². The molecule has 112 valence electrons. The summed E-state index contributed by atoms with van der Waals surface area (Å²) in [6, 6.07) is 19.1. The SMILES string of the molecule is CC(C)C(CN)CNc1ccccc1Cc1ccccc1. The number of hydrogen-bond acceptors (Lipinski definition) is 2. The summed E-state index contributed by atoms with van der Waals surface area (Å²) in [6.07, 6.45) is 0.957. The van der Waals surface area contributed by atoms with Crippen LogP contribution in [0.2, 0.25) is 0 Å². The zero-order chi connectivity index (χ0) is 15.1. The molecular weight excluding hydrogens is 256 g/mol. The maximum Gasteiger partial charge on any atom is 0.0376 e. The number of anilines is 1. The molecular formula is C19H26N2. The molecule has 0 aliphatic carbocycles. The van der Waals surface area contributed by atoms with Crippen LogP contribution in [0.15, 0.2) is 54.6 Å². The van der Waals surface area contributed by atoms with E-state index >= 15 is 0 Å². The van der Waals surface area contributed by atoms with Crippen LogP contribution in [-0.4, -0.2) is 13.1 Å². The monoisotopic (exact) mass is 282 g/mol. The molecule has 0 heterocycles. The number of benzene rings is 2. The standard InChI is InChI=1S/C19H26N2/c1-15(2)18(13-20)14-21-19-11-7-6-10-17(19)12-16-8-4-3-5-9-16/h3-11,15,18,21H,12-14,20H2,1-2H3. The van der Waals surface area contributed by atoms with Crippen LogP contribution >= 0.6 is 0 Å². The van der Waals surface area contributed by atoms with Gasteiger partial charge in [-0.15, -0.1) is 0 Å². The topological polar surface area (TPSA) is 38.0 Å². The van der Waals surface area contributed by atoms with Gasteiger partial charge in [-0.2, -0.15) is 0 Å². The van der Waals surface area contributed by atoms with E-state index in [0.29, 0.717) is 11.8 Å². The lowest BCUT2D eigenvalue weighted by molar-refractivity contribution is 0.413. The fourth-order valence-electron chi connectivity index (χ4n) is 2.49. The minimum absolute atomic E-state index is 0.509. The van der Waals surface area contributed by atoms with Gasteiger partial charge in [0.05, 0.1) is 0 Å². The lowest BCUT2D eigenvalue weighted by Gasteiger charge is -2.21. The quantitative estimate of drug-likeness (QED) is 0.807. The first-order chi connectivity index (χ1) is 10.2. The predicted octanol–water partition coefficient (Wildman–Crippen LogP) is 3.92. The Hall–Kier alpha value is -1.80.